The fourth-order valence-corrected chi connectivity index (χ4v) is 2.71. The van der Waals surface area contributed by atoms with E-state index < -0.39 is 18.3 Å². The van der Waals surface area contributed by atoms with Gasteiger partial charge in [0.2, 0.25) is 0 Å². The number of aliphatic hydroxyl groups is 3. The number of hydrogen-bond acceptors (Lipinski definition) is 3. The van der Waals surface area contributed by atoms with Crippen LogP contribution in [0.4, 0.5) is 0 Å². The number of aliphatic hydroxyl groups excluding tert-OH is 3. The first-order valence-corrected chi connectivity index (χ1v) is 6.68. The monoisotopic (exact) mass is 300 g/mol. The Bertz CT molecular complexity index is 365. The Labute approximate surface area is 109 Å². The van der Waals surface area contributed by atoms with Crippen molar-refractivity contribution in [1.29, 1.82) is 0 Å². The second kappa shape index (κ2) is 5.48. The van der Waals surface area contributed by atoms with E-state index in [-0.39, 0.29) is 5.92 Å². The molecule has 4 heteroatoms. The van der Waals surface area contributed by atoms with Crippen LogP contribution >= 0.6 is 15.9 Å². The van der Waals surface area contributed by atoms with Gasteiger partial charge in [-0.25, -0.2) is 0 Å². The lowest BCUT2D eigenvalue weighted by atomic mass is 9.79. The standard InChI is InChI=1S/C13H17BrO3/c14-9-6-4-8(5-7-9)12(16)10-2-1-3-11(15)13(10)17/h4-7,10-13,15-17H,1-3H2/t10-,11-,12+,13-/m0/s1. The minimum absolute atomic E-state index is 0.278. The molecule has 1 aromatic carbocycles. The molecule has 0 aromatic heterocycles. The average Bonchev–Trinajstić information content (AvgIpc) is 2.33. The fraction of sp³-hybridized carbons (Fsp3) is 0.538. The molecule has 4 atom stereocenters. The van der Waals surface area contributed by atoms with Gasteiger partial charge >= 0.3 is 0 Å². The average molecular weight is 301 g/mol. The minimum Gasteiger partial charge on any atom is -0.390 e. The highest BCUT2D eigenvalue weighted by Gasteiger charge is 2.35. The first kappa shape index (κ1) is 13.0. The summed E-state index contributed by atoms with van der Waals surface area (Å²) in [6, 6.07) is 7.40. The molecule has 0 aliphatic heterocycles. The third kappa shape index (κ3) is 2.88. The van der Waals surface area contributed by atoms with Gasteiger partial charge in [-0.1, -0.05) is 34.5 Å². The van der Waals surface area contributed by atoms with Crippen molar-refractivity contribution in [2.24, 2.45) is 5.92 Å². The smallest absolute Gasteiger partial charge is 0.0855 e. The van der Waals surface area contributed by atoms with Crippen LogP contribution < -0.4 is 0 Å². The molecule has 3 N–H and O–H groups in total. The van der Waals surface area contributed by atoms with E-state index in [1.54, 1.807) is 0 Å². The molecule has 0 spiro atoms. The highest BCUT2D eigenvalue weighted by molar-refractivity contribution is 9.10. The predicted octanol–water partition coefficient (Wildman–Crippen LogP) is 2.00. The van der Waals surface area contributed by atoms with E-state index in [2.05, 4.69) is 15.9 Å². The number of hydrogen-bond donors (Lipinski definition) is 3. The molecular weight excluding hydrogens is 284 g/mol. The zero-order valence-electron chi connectivity index (χ0n) is 9.46. The first-order valence-electron chi connectivity index (χ1n) is 5.89. The SMILES string of the molecule is O[C@H]1[C@H]([C@H](O)c2ccc(Br)cc2)CCC[C@@H]1O. The molecule has 0 bridgehead atoms. The molecular formula is C13H17BrO3. The van der Waals surface area contributed by atoms with E-state index in [0.717, 1.165) is 22.9 Å². The van der Waals surface area contributed by atoms with Crippen molar-refractivity contribution in [3.05, 3.63) is 34.3 Å². The van der Waals surface area contributed by atoms with Gasteiger partial charge in [-0.15, -0.1) is 0 Å². The maximum absolute atomic E-state index is 10.2. The largest absolute Gasteiger partial charge is 0.390 e. The van der Waals surface area contributed by atoms with Crippen molar-refractivity contribution < 1.29 is 15.3 Å². The maximum Gasteiger partial charge on any atom is 0.0855 e. The second-order valence-electron chi connectivity index (χ2n) is 4.65. The zero-order valence-corrected chi connectivity index (χ0v) is 11.0. The summed E-state index contributed by atoms with van der Waals surface area (Å²) >= 11 is 3.34. The summed E-state index contributed by atoms with van der Waals surface area (Å²) in [7, 11) is 0. The molecule has 0 saturated heterocycles. The van der Waals surface area contributed by atoms with Gasteiger partial charge in [0.15, 0.2) is 0 Å². The molecule has 1 aliphatic rings. The normalized spacial score (nSPS) is 31.2. The number of rotatable bonds is 2. The van der Waals surface area contributed by atoms with E-state index in [4.69, 9.17) is 0 Å². The highest BCUT2D eigenvalue weighted by atomic mass is 79.9. The van der Waals surface area contributed by atoms with Crippen LogP contribution in [0.25, 0.3) is 0 Å². The Morgan fingerprint density at radius 1 is 1.12 bits per heavy atom. The summed E-state index contributed by atoms with van der Waals surface area (Å²) in [5, 5.41) is 29.8. The van der Waals surface area contributed by atoms with E-state index >= 15 is 0 Å². The summed E-state index contributed by atoms with van der Waals surface area (Å²) in [5.41, 5.74) is 0.784. The molecule has 1 saturated carbocycles. The van der Waals surface area contributed by atoms with Crippen molar-refractivity contribution in [3.8, 4) is 0 Å². The van der Waals surface area contributed by atoms with Gasteiger partial charge in [-0.3, -0.25) is 0 Å². The summed E-state index contributed by atoms with van der Waals surface area (Å²) in [4.78, 5) is 0. The quantitative estimate of drug-likeness (QED) is 0.783. The summed E-state index contributed by atoms with van der Waals surface area (Å²) in [6.07, 6.45) is -0.0503. The molecule has 0 heterocycles. The minimum atomic E-state index is -0.831. The molecule has 17 heavy (non-hydrogen) atoms. The molecule has 1 fully saturated rings. The van der Waals surface area contributed by atoms with E-state index in [1.807, 2.05) is 24.3 Å². The summed E-state index contributed by atoms with van der Waals surface area (Å²) in [5.74, 6) is -0.278. The van der Waals surface area contributed by atoms with Crippen molar-refractivity contribution in [1.82, 2.24) is 0 Å². The zero-order chi connectivity index (χ0) is 12.4. The van der Waals surface area contributed by atoms with E-state index in [0.29, 0.717) is 6.42 Å². The first-order chi connectivity index (χ1) is 8.09. The maximum atomic E-state index is 10.2. The van der Waals surface area contributed by atoms with Gasteiger partial charge in [-0.2, -0.15) is 0 Å². The van der Waals surface area contributed by atoms with Crippen LogP contribution in [0.3, 0.4) is 0 Å². The van der Waals surface area contributed by atoms with Crippen LogP contribution in [0.15, 0.2) is 28.7 Å². The topological polar surface area (TPSA) is 60.7 Å². The molecule has 94 valence electrons. The molecule has 1 aromatic rings. The van der Waals surface area contributed by atoms with Crippen LogP contribution in [0.5, 0.6) is 0 Å². The Kier molecular flexibility index (Phi) is 4.20. The van der Waals surface area contributed by atoms with Gasteiger partial charge in [0.25, 0.3) is 0 Å². The predicted molar refractivity (Wildman–Crippen MR) is 68.5 cm³/mol. The lowest BCUT2D eigenvalue weighted by molar-refractivity contribution is -0.0838. The molecule has 2 rings (SSSR count). The Hall–Kier alpha value is -0.420. The van der Waals surface area contributed by atoms with Crippen molar-refractivity contribution in [3.63, 3.8) is 0 Å². The van der Waals surface area contributed by atoms with Crippen molar-refractivity contribution in [2.75, 3.05) is 0 Å². The summed E-state index contributed by atoms with van der Waals surface area (Å²) in [6.45, 7) is 0. The van der Waals surface area contributed by atoms with Gasteiger partial charge in [-0.05, 0) is 30.5 Å². The molecule has 3 nitrogen and oxygen atoms in total. The van der Waals surface area contributed by atoms with Crippen molar-refractivity contribution >= 4 is 15.9 Å². The van der Waals surface area contributed by atoms with Crippen molar-refractivity contribution in [2.45, 2.75) is 37.6 Å². The van der Waals surface area contributed by atoms with Gasteiger partial charge < -0.3 is 15.3 Å². The van der Waals surface area contributed by atoms with Crippen LogP contribution in [0.1, 0.15) is 30.9 Å². The Morgan fingerprint density at radius 3 is 2.41 bits per heavy atom. The molecule has 0 amide bonds. The Balaban J connectivity index is 2.13. The number of benzene rings is 1. The molecule has 0 unspecified atom stereocenters. The summed E-state index contributed by atoms with van der Waals surface area (Å²) < 4.78 is 0.956. The van der Waals surface area contributed by atoms with Gasteiger partial charge in [0.1, 0.15) is 0 Å². The lowest BCUT2D eigenvalue weighted by Crippen LogP contribution is -2.40. The Morgan fingerprint density at radius 2 is 1.76 bits per heavy atom. The van der Waals surface area contributed by atoms with E-state index in [1.165, 1.54) is 0 Å². The highest BCUT2D eigenvalue weighted by Crippen LogP contribution is 2.35. The lowest BCUT2D eigenvalue weighted by Gasteiger charge is -2.35. The van der Waals surface area contributed by atoms with Crippen LogP contribution in [0, 0.1) is 5.92 Å². The third-order valence-corrected chi connectivity index (χ3v) is 4.02. The molecule has 0 radical (unpaired) electrons. The number of halogens is 1. The second-order valence-corrected chi connectivity index (χ2v) is 5.56. The fourth-order valence-electron chi connectivity index (χ4n) is 2.44. The molecule has 1 aliphatic carbocycles. The third-order valence-electron chi connectivity index (χ3n) is 3.49. The van der Waals surface area contributed by atoms with Crippen LogP contribution in [-0.2, 0) is 0 Å². The van der Waals surface area contributed by atoms with Gasteiger partial charge in [0, 0.05) is 10.4 Å². The van der Waals surface area contributed by atoms with Gasteiger partial charge in [0.05, 0.1) is 18.3 Å². The van der Waals surface area contributed by atoms with Crippen LogP contribution in [-0.4, -0.2) is 27.5 Å². The van der Waals surface area contributed by atoms with Crippen LogP contribution in [0.2, 0.25) is 0 Å². The van der Waals surface area contributed by atoms with E-state index in [9.17, 15) is 15.3 Å².